The molecule has 0 aliphatic heterocycles. The normalized spacial score (nSPS) is 13.5. The molecular weight excluding hydrogens is 194 g/mol. The van der Waals surface area contributed by atoms with E-state index in [2.05, 4.69) is 24.2 Å². The Kier molecular flexibility index (Phi) is 4.55. The molecule has 0 bridgehead atoms. The number of aryl methyl sites for hydroxylation is 1. The number of aliphatic hydroxyl groups excluding tert-OH is 1. The first-order chi connectivity index (χ1) is 6.61. The standard InChI is InChI=1S/C11H19NOS/c1-8(2)4-10(6-13)5-11-7-14-9(3)12-11/h7-8,10,13H,4-6H2,1-3H3. The summed E-state index contributed by atoms with van der Waals surface area (Å²) in [5, 5.41) is 12.4. The lowest BCUT2D eigenvalue weighted by molar-refractivity contribution is 0.204. The van der Waals surface area contributed by atoms with E-state index in [1.807, 2.05) is 6.92 Å². The monoisotopic (exact) mass is 213 g/mol. The van der Waals surface area contributed by atoms with E-state index in [4.69, 9.17) is 0 Å². The van der Waals surface area contributed by atoms with Crippen LogP contribution >= 0.6 is 11.3 Å². The summed E-state index contributed by atoms with van der Waals surface area (Å²) in [5.74, 6) is 1.02. The molecule has 1 aromatic heterocycles. The number of hydrogen-bond acceptors (Lipinski definition) is 3. The van der Waals surface area contributed by atoms with Gasteiger partial charge in [0.25, 0.3) is 0 Å². The maximum atomic E-state index is 9.22. The Morgan fingerprint density at radius 1 is 1.50 bits per heavy atom. The van der Waals surface area contributed by atoms with Crippen LogP contribution in [0.5, 0.6) is 0 Å². The molecule has 1 rings (SSSR count). The molecule has 0 amide bonds. The quantitative estimate of drug-likeness (QED) is 0.815. The van der Waals surface area contributed by atoms with Crippen LogP contribution in [-0.4, -0.2) is 16.7 Å². The van der Waals surface area contributed by atoms with Gasteiger partial charge in [-0.15, -0.1) is 11.3 Å². The zero-order chi connectivity index (χ0) is 10.6. The molecule has 0 saturated carbocycles. The summed E-state index contributed by atoms with van der Waals surface area (Å²) in [6.07, 6.45) is 1.99. The van der Waals surface area contributed by atoms with Crippen LogP contribution in [0.2, 0.25) is 0 Å². The number of rotatable bonds is 5. The van der Waals surface area contributed by atoms with Crippen LogP contribution in [0.3, 0.4) is 0 Å². The van der Waals surface area contributed by atoms with Gasteiger partial charge in [-0.25, -0.2) is 4.98 Å². The van der Waals surface area contributed by atoms with E-state index in [-0.39, 0.29) is 6.61 Å². The van der Waals surface area contributed by atoms with E-state index >= 15 is 0 Å². The van der Waals surface area contributed by atoms with Crippen molar-refractivity contribution in [1.82, 2.24) is 4.98 Å². The van der Waals surface area contributed by atoms with Gasteiger partial charge in [0.2, 0.25) is 0 Å². The zero-order valence-corrected chi connectivity index (χ0v) is 9.97. The SMILES string of the molecule is Cc1nc(CC(CO)CC(C)C)cs1. The lowest BCUT2D eigenvalue weighted by Crippen LogP contribution is -2.12. The van der Waals surface area contributed by atoms with Crippen molar-refractivity contribution in [2.45, 2.75) is 33.6 Å². The van der Waals surface area contributed by atoms with Crippen molar-refractivity contribution in [3.63, 3.8) is 0 Å². The van der Waals surface area contributed by atoms with Crippen molar-refractivity contribution >= 4 is 11.3 Å². The van der Waals surface area contributed by atoms with E-state index in [0.29, 0.717) is 11.8 Å². The average molecular weight is 213 g/mol. The molecule has 1 heterocycles. The largest absolute Gasteiger partial charge is 0.396 e. The Morgan fingerprint density at radius 2 is 2.21 bits per heavy atom. The van der Waals surface area contributed by atoms with Crippen molar-refractivity contribution in [2.24, 2.45) is 11.8 Å². The molecule has 0 fully saturated rings. The molecule has 0 aliphatic carbocycles. The summed E-state index contributed by atoms with van der Waals surface area (Å²) in [4.78, 5) is 4.41. The predicted octanol–water partition coefficient (Wildman–Crippen LogP) is 2.65. The first-order valence-electron chi connectivity index (χ1n) is 5.13. The number of thiazole rings is 1. The van der Waals surface area contributed by atoms with Crippen LogP contribution in [0.1, 0.15) is 31.0 Å². The van der Waals surface area contributed by atoms with Gasteiger partial charge in [-0.1, -0.05) is 13.8 Å². The fourth-order valence-electron chi connectivity index (χ4n) is 1.69. The lowest BCUT2D eigenvalue weighted by atomic mass is 9.94. The third kappa shape index (κ3) is 3.76. The Balaban J connectivity index is 2.48. The summed E-state index contributed by atoms with van der Waals surface area (Å²) in [5.41, 5.74) is 1.13. The van der Waals surface area contributed by atoms with Gasteiger partial charge in [-0.3, -0.25) is 0 Å². The molecule has 1 N–H and O–H groups in total. The molecule has 1 unspecified atom stereocenters. The molecule has 80 valence electrons. The third-order valence-corrected chi connectivity index (χ3v) is 3.05. The van der Waals surface area contributed by atoms with Crippen molar-refractivity contribution < 1.29 is 5.11 Å². The molecule has 2 nitrogen and oxygen atoms in total. The van der Waals surface area contributed by atoms with Gasteiger partial charge in [0.1, 0.15) is 0 Å². The van der Waals surface area contributed by atoms with Gasteiger partial charge in [0.15, 0.2) is 0 Å². The van der Waals surface area contributed by atoms with Gasteiger partial charge in [-0.2, -0.15) is 0 Å². The third-order valence-electron chi connectivity index (χ3n) is 2.23. The van der Waals surface area contributed by atoms with Crippen molar-refractivity contribution in [1.29, 1.82) is 0 Å². The molecule has 0 aromatic carbocycles. The number of hydrogen-bond donors (Lipinski definition) is 1. The van der Waals surface area contributed by atoms with Crippen LogP contribution < -0.4 is 0 Å². The molecule has 14 heavy (non-hydrogen) atoms. The molecule has 0 spiro atoms. The second-order valence-electron chi connectivity index (χ2n) is 4.24. The molecule has 3 heteroatoms. The van der Waals surface area contributed by atoms with Crippen LogP contribution in [0.4, 0.5) is 0 Å². The second-order valence-corrected chi connectivity index (χ2v) is 5.30. The Bertz CT molecular complexity index is 270. The van der Waals surface area contributed by atoms with E-state index in [0.717, 1.165) is 23.5 Å². The van der Waals surface area contributed by atoms with E-state index in [1.54, 1.807) is 11.3 Å². The smallest absolute Gasteiger partial charge is 0.0897 e. The van der Waals surface area contributed by atoms with E-state index < -0.39 is 0 Å². The van der Waals surface area contributed by atoms with Gasteiger partial charge >= 0.3 is 0 Å². The molecule has 0 saturated heterocycles. The first-order valence-corrected chi connectivity index (χ1v) is 6.01. The number of aromatic nitrogens is 1. The van der Waals surface area contributed by atoms with Crippen molar-refractivity contribution in [3.8, 4) is 0 Å². The Morgan fingerprint density at radius 3 is 2.64 bits per heavy atom. The summed E-state index contributed by atoms with van der Waals surface area (Å²) >= 11 is 1.68. The first kappa shape index (κ1) is 11.7. The minimum Gasteiger partial charge on any atom is -0.396 e. The van der Waals surface area contributed by atoms with E-state index in [9.17, 15) is 5.11 Å². The van der Waals surface area contributed by atoms with Crippen LogP contribution in [0.15, 0.2) is 5.38 Å². The number of aliphatic hydroxyl groups is 1. The summed E-state index contributed by atoms with van der Waals surface area (Å²) < 4.78 is 0. The molecule has 0 aliphatic rings. The van der Waals surface area contributed by atoms with Crippen LogP contribution in [0, 0.1) is 18.8 Å². The number of nitrogens with zero attached hydrogens (tertiary/aromatic N) is 1. The van der Waals surface area contributed by atoms with Crippen molar-refractivity contribution in [3.05, 3.63) is 16.1 Å². The minimum atomic E-state index is 0.273. The fraction of sp³-hybridized carbons (Fsp3) is 0.727. The highest BCUT2D eigenvalue weighted by Gasteiger charge is 2.12. The van der Waals surface area contributed by atoms with Gasteiger partial charge < -0.3 is 5.11 Å². The van der Waals surface area contributed by atoms with Crippen LogP contribution in [0.25, 0.3) is 0 Å². The molecular formula is C11H19NOS. The molecule has 0 radical (unpaired) electrons. The highest BCUT2D eigenvalue weighted by molar-refractivity contribution is 7.09. The highest BCUT2D eigenvalue weighted by atomic mass is 32.1. The summed E-state index contributed by atoms with van der Waals surface area (Å²) in [6.45, 7) is 6.67. The maximum absolute atomic E-state index is 9.22. The summed E-state index contributed by atoms with van der Waals surface area (Å²) in [6, 6.07) is 0. The fourth-order valence-corrected chi connectivity index (χ4v) is 2.31. The maximum Gasteiger partial charge on any atom is 0.0897 e. The van der Waals surface area contributed by atoms with Gasteiger partial charge in [0.05, 0.1) is 10.7 Å². The average Bonchev–Trinajstić information content (AvgIpc) is 2.49. The van der Waals surface area contributed by atoms with E-state index in [1.165, 1.54) is 0 Å². The zero-order valence-electron chi connectivity index (χ0n) is 9.16. The van der Waals surface area contributed by atoms with Crippen molar-refractivity contribution in [2.75, 3.05) is 6.61 Å². The Hall–Kier alpha value is -0.410. The van der Waals surface area contributed by atoms with Crippen LogP contribution in [-0.2, 0) is 6.42 Å². The lowest BCUT2D eigenvalue weighted by Gasteiger charge is -2.14. The molecule has 1 aromatic rings. The second kappa shape index (κ2) is 5.47. The predicted molar refractivity (Wildman–Crippen MR) is 60.6 cm³/mol. The van der Waals surface area contributed by atoms with Gasteiger partial charge in [0, 0.05) is 12.0 Å². The summed E-state index contributed by atoms with van der Waals surface area (Å²) in [7, 11) is 0. The Labute approximate surface area is 90.0 Å². The van der Waals surface area contributed by atoms with Gasteiger partial charge in [-0.05, 0) is 31.6 Å². The highest BCUT2D eigenvalue weighted by Crippen LogP contribution is 2.18. The topological polar surface area (TPSA) is 33.1 Å². The molecule has 1 atom stereocenters. The minimum absolute atomic E-state index is 0.273.